The maximum atomic E-state index is 11.3. The summed E-state index contributed by atoms with van der Waals surface area (Å²) < 4.78 is 0. The molecule has 5 heteroatoms. The van der Waals surface area contributed by atoms with Gasteiger partial charge in [-0.2, -0.15) is 11.8 Å². The van der Waals surface area contributed by atoms with Crippen molar-refractivity contribution in [1.82, 2.24) is 10.6 Å². The molecular formula is C8H12N2O2S. The zero-order chi connectivity index (χ0) is 9.84. The zero-order valence-electron chi connectivity index (χ0n) is 7.59. The van der Waals surface area contributed by atoms with E-state index >= 15 is 0 Å². The van der Waals surface area contributed by atoms with Crippen molar-refractivity contribution in [3.8, 4) is 0 Å². The van der Waals surface area contributed by atoms with Crippen LogP contribution in [0.15, 0.2) is 11.9 Å². The lowest BCUT2D eigenvalue weighted by Crippen LogP contribution is -2.35. The molecule has 1 aliphatic heterocycles. The molecule has 72 valence electrons. The van der Waals surface area contributed by atoms with Crippen LogP contribution in [0.5, 0.6) is 0 Å². The number of nitrogens with one attached hydrogen (secondary N) is 2. The molecule has 0 radical (unpaired) electrons. The minimum absolute atomic E-state index is 0.0768. The lowest BCUT2D eigenvalue weighted by Gasteiger charge is -2.09. The Labute approximate surface area is 81.1 Å². The highest BCUT2D eigenvalue weighted by Crippen LogP contribution is 2.06. The van der Waals surface area contributed by atoms with E-state index in [1.807, 2.05) is 13.2 Å². The van der Waals surface area contributed by atoms with Gasteiger partial charge < -0.3 is 10.6 Å². The van der Waals surface area contributed by atoms with Crippen LogP contribution in [0, 0.1) is 0 Å². The van der Waals surface area contributed by atoms with Crippen molar-refractivity contribution >= 4 is 23.6 Å². The van der Waals surface area contributed by atoms with Crippen LogP contribution < -0.4 is 10.6 Å². The van der Waals surface area contributed by atoms with Crippen LogP contribution >= 0.6 is 11.8 Å². The van der Waals surface area contributed by atoms with Gasteiger partial charge in [0.15, 0.2) is 0 Å². The Morgan fingerprint density at radius 3 is 2.92 bits per heavy atom. The first-order valence-electron chi connectivity index (χ1n) is 3.97. The first-order chi connectivity index (χ1) is 6.13. The third-order valence-corrected chi connectivity index (χ3v) is 2.67. The van der Waals surface area contributed by atoms with E-state index in [0.29, 0.717) is 12.2 Å². The molecule has 0 saturated carbocycles. The molecule has 13 heavy (non-hydrogen) atoms. The highest BCUT2D eigenvalue weighted by atomic mass is 32.2. The molecule has 1 unspecified atom stereocenters. The topological polar surface area (TPSA) is 58.2 Å². The summed E-state index contributed by atoms with van der Waals surface area (Å²) in [6, 6.07) is 0. The van der Waals surface area contributed by atoms with E-state index in [9.17, 15) is 9.59 Å². The van der Waals surface area contributed by atoms with Gasteiger partial charge in [-0.15, -0.1) is 0 Å². The molecule has 1 rings (SSSR count). The summed E-state index contributed by atoms with van der Waals surface area (Å²) in [6.07, 6.45) is 3.89. The van der Waals surface area contributed by atoms with Gasteiger partial charge in [-0.05, 0) is 19.3 Å². The van der Waals surface area contributed by atoms with Gasteiger partial charge in [0, 0.05) is 6.42 Å². The van der Waals surface area contributed by atoms with Crippen molar-refractivity contribution < 1.29 is 9.59 Å². The minimum atomic E-state index is -0.0987. The number of carbonyl (C=O) groups is 2. The molecule has 0 spiro atoms. The Morgan fingerprint density at radius 1 is 1.77 bits per heavy atom. The standard InChI is InChI=1S/C8H12N2O2S/c1-5(13-2)8(12)10-6-3-4-7(11)9-6/h3,5H,4H2,1-2H3,(H,9,11)(H,10,12). The fourth-order valence-corrected chi connectivity index (χ4v) is 1.14. The van der Waals surface area contributed by atoms with Gasteiger partial charge in [0.1, 0.15) is 5.82 Å². The van der Waals surface area contributed by atoms with Gasteiger partial charge in [0.05, 0.1) is 5.25 Å². The largest absolute Gasteiger partial charge is 0.312 e. The highest BCUT2D eigenvalue weighted by Gasteiger charge is 2.16. The summed E-state index contributed by atoms with van der Waals surface area (Å²) in [4.78, 5) is 22.1. The van der Waals surface area contributed by atoms with E-state index in [1.54, 1.807) is 6.08 Å². The van der Waals surface area contributed by atoms with E-state index < -0.39 is 0 Å². The molecule has 2 amide bonds. The third kappa shape index (κ3) is 2.77. The van der Waals surface area contributed by atoms with Crippen LogP contribution in [-0.4, -0.2) is 23.3 Å². The van der Waals surface area contributed by atoms with Crippen molar-refractivity contribution in [2.45, 2.75) is 18.6 Å². The monoisotopic (exact) mass is 200 g/mol. The predicted octanol–water partition coefficient (Wildman–Crippen LogP) is 0.215. The van der Waals surface area contributed by atoms with Gasteiger partial charge in [-0.3, -0.25) is 9.59 Å². The molecule has 0 aromatic heterocycles. The number of hydrogen-bond donors (Lipinski definition) is 2. The maximum Gasteiger partial charge on any atom is 0.238 e. The second-order valence-electron chi connectivity index (χ2n) is 2.74. The summed E-state index contributed by atoms with van der Waals surface area (Å²) in [6.45, 7) is 1.82. The quantitative estimate of drug-likeness (QED) is 0.685. The predicted molar refractivity (Wildman–Crippen MR) is 52.0 cm³/mol. The third-order valence-electron chi connectivity index (χ3n) is 1.75. The van der Waals surface area contributed by atoms with Crippen molar-refractivity contribution in [3.63, 3.8) is 0 Å². The first-order valence-corrected chi connectivity index (χ1v) is 5.26. The van der Waals surface area contributed by atoms with Gasteiger partial charge in [0.25, 0.3) is 0 Å². The molecule has 0 aromatic carbocycles. The van der Waals surface area contributed by atoms with Gasteiger partial charge in [-0.1, -0.05) is 0 Å². The molecule has 1 heterocycles. The van der Waals surface area contributed by atoms with E-state index in [1.165, 1.54) is 11.8 Å². The Morgan fingerprint density at radius 2 is 2.46 bits per heavy atom. The van der Waals surface area contributed by atoms with Crippen molar-refractivity contribution in [2.24, 2.45) is 0 Å². The summed E-state index contributed by atoms with van der Waals surface area (Å²) >= 11 is 1.47. The number of hydrogen-bond acceptors (Lipinski definition) is 3. The Kier molecular flexibility index (Phi) is 3.36. The second kappa shape index (κ2) is 4.32. The molecular weight excluding hydrogens is 188 g/mol. The van der Waals surface area contributed by atoms with Crippen LogP contribution in [0.2, 0.25) is 0 Å². The second-order valence-corrected chi connectivity index (χ2v) is 3.92. The Bertz CT molecular complexity index is 263. The summed E-state index contributed by atoms with van der Waals surface area (Å²) in [5, 5.41) is 5.08. The molecule has 0 fully saturated rings. The summed E-state index contributed by atoms with van der Waals surface area (Å²) in [5.41, 5.74) is 0. The average molecular weight is 200 g/mol. The maximum absolute atomic E-state index is 11.3. The smallest absolute Gasteiger partial charge is 0.238 e. The molecule has 4 nitrogen and oxygen atoms in total. The summed E-state index contributed by atoms with van der Waals surface area (Å²) in [7, 11) is 0. The van der Waals surface area contributed by atoms with Crippen molar-refractivity contribution in [3.05, 3.63) is 11.9 Å². The number of thioether (sulfide) groups is 1. The molecule has 2 N–H and O–H groups in total. The lowest BCUT2D eigenvalue weighted by atomic mass is 10.4. The van der Waals surface area contributed by atoms with Crippen molar-refractivity contribution in [1.29, 1.82) is 0 Å². The molecule has 1 atom stereocenters. The van der Waals surface area contributed by atoms with Gasteiger partial charge in [-0.25, -0.2) is 0 Å². The minimum Gasteiger partial charge on any atom is -0.312 e. The Hall–Kier alpha value is -0.970. The fourth-order valence-electron chi connectivity index (χ4n) is 0.871. The zero-order valence-corrected chi connectivity index (χ0v) is 8.40. The van der Waals surface area contributed by atoms with Crippen LogP contribution in [0.1, 0.15) is 13.3 Å². The Balaban J connectivity index is 2.41. The fraction of sp³-hybridized carbons (Fsp3) is 0.500. The van der Waals surface area contributed by atoms with Crippen molar-refractivity contribution in [2.75, 3.05) is 6.26 Å². The number of amides is 2. The van der Waals surface area contributed by atoms with Crippen LogP contribution in [0.4, 0.5) is 0 Å². The van der Waals surface area contributed by atoms with E-state index in [-0.39, 0.29) is 17.1 Å². The van der Waals surface area contributed by atoms with Crippen LogP contribution in [0.3, 0.4) is 0 Å². The average Bonchev–Trinajstić information content (AvgIpc) is 2.49. The summed E-state index contributed by atoms with van der Waals surface area (Å²) in [5.74, 6) is 0.351. The molecule has 0 bridgehead atoms. The lowest BCUT2D eigenvalue weighted by molar-refractivity contribution is -0.120. The number of rotatable bonds is 3. The molecule has 1 aliphatic rings. The molecule has 0 aliphatic carbocycles. The number of carbonyl (C=O) groups excluding carboxylic acids is 2. The van der Waals surface area contributed by atoms with Crippen LogP contribution in [-0.2, 0) is 9.59 Å². The molecule has 0 aromatic rings. The molecule has 0 saturated heterocycles. The first kappa shape index (κ1) is 10.1. The van der Waals surface area contributed by atoms with Gasteiger partial charge >= 0.3 is 0 Å². The van der Waals surface area contributed by atoms with E-state index in [4.69, 9.17) is 0 Å². The van der Waals surface area contributed by atoms with E-state index in [2.05, 4.69) is 10.6 Å². The highest BCUT2D eigenvalue weighted by molar-refractivity contribution is 7.99. The SMILES string of the molecule is CSC(C)C(=O)NC1=CCC(=O)N1. The van der Waals surface area contributed by atoms with E-state index in [0.717, 1.165) is 0 Å². The van der Waals surface area contributed by atoms with Crippen LogP contribution in [0.25, 0.3) is 0 Å². The van der Waals surface area contributed by atoms with Gasteiger partial charge in [0.2, 0.25) is 11.8 Å². The normalized spacial score (nSPS) is 17.7.